The van der Waals surface area contributed by atoms with E-state index in [4.69, 9.17) is 0 Å². The van der Waals surface area contributed by atoms with Crippen LogP contribution in [0.4, 0.5) is 17.1 Å². The van der Waals surface area contributed by atoms with Crippen LogP contribution < -0.4 is 15.5 Å². The number of alkyl halides is 3. The summed E-state index contributed by atoms with van der Waals surface area (Å²) in [5.74, 6) is -0.778. The molecule has 0 radical (unpaired) electrons. The number of nitrogens with zero attached hydrogens (tertiary/aromatic N) is 3. The summed E-state index contributed by atoms with van der Waals surface area (Å²) in [6.07, 6.45) is -2.07. The molecular formula is C27H19F4N5O4S. The second kappa shape index (κ2) is 9.57. The van der Waals surface area contributed by atoms with Gasteiger partial charge in [0, 0.05) is 40.5 Å². The average molecular weight is 586 g/mol. The Kier molecular flexibility index (Phi) is 6.24. The lowest BCUT2D eigenvalue weighted by Crippen LogP contribution is -2.30. The molecule has 2 aromatic carbocycles. The number of piperidine rings is 1. The fraction of sp³-hybridized carbons (Fsp3) is 0.222. The van der Waals surface area contributed by atoms with Crippen LogP contribution in [0.15, 0.2) is 58.5 Å². The number of halogens is 4. The molecule has 3 aromatic heterocycles. The Labute approximate surface area is 229 Å². The van der Waals surface area contributed by atoms with E-state index in [1.807, 2.05) is 10.6 Å². The van der Waals surface area contributed by atoms with Crippen LogP contribution >= 0.6 is 0 Å². The smallest absolute Gasteiger partial charge is 0.405 e. The third kappa shape index (κ3) is 4.76. The Morgan fingerprint density at radius 3 is 2.51 bits per heavy atom. The van der Waals surface area contributed by atoms with Crippen LogP contribution in [0.3, 0.4) is 0 Å². The minimum Gasteiger partial charge on any atom is -0.405 e. The van der Waals surface area contributed by atoms with E-state index in [1.54, 1.807) is 18.2 Å². The van der Waals surface area contributed by atoms with Crippen molar-refractivity contribution < 1.29 is 30.2 Å². The molecule has 0 aliphatic carbocycles. The number of rotatable bonds is 4. The zero-order chi connectivity index (χ0) is 29.1. The van der Waals surface area contributed by atoms with Gasteiger partial charge in [0.05, 0.1) is 27.9 Å². The number of aromatic amines is 1. The number of nitriles is 1. The highest BCUT2D eigenvalue weighted by molar-refractivity contribution is 7.86. The number of pyridine rings is 2. The zero-order valence-electron chi connectivity index (χ0n) is 20.9. The first-order valence-electron chi connectivity index (χ1n) is 12.4. The lowest BCUT2D eigenvalue weighted by molar-refractivity contribution is -0.274. The van der Waals surface area contributed by atoms with Crippen LogP contribution in [0.25, 0.3) is 44.0 Å². The zero-order valence-corrected chi connectivity index (χ0v) is 21.7. The molecule has 1 saturated heterocycles. The number of H-pyrrole nitrogens is 1. The Morgan fingerprint density at radius 1 is 1.07 bits per heavy atom. The van der Waals surface area contributed by atoms with E-state index in [2.05, 4.69) is 20.0 Å². The molecule has 0 unspecified atom stereocenters. The molecule has 1 aliphatic rings. The van der Waals surface area contributed by atoms with Crippen molar-refractivity contribution in [2.75, 3.05) is 13.1 Å². The number of hydrogen-bond donors (Lipinski definition) is 2. The molecule has 4 heterocycles. The molecule has 14 heteroatoms. The normalized spacial score (nSPS) is 15.0. The Morgan fingerprint density at radius 2 is 1.83 bits per heavy atom. The number of aromatic nitrogens is 3. The maximum Gasteiger partial charge on any atom is 0.573 e. The molecule has 0 bridgehead atoms. The second-order valence-corrected chi connectivity index (χ2v) is 11.0. The van der Waals surface area contributed by atoms with Crippen molar-refractivity contribution in [3.05, 3.63) is 64.6 Å². The minimum absolute atomic E-state index is 0.0634. The second-order valence-electron chi connectivity index (χ2n) is 9.66. The van der Waals surface area contributed by atoms with Crippen molar-refractivity contribution in [2.45, 2.75) is 30.1 Å². The standard InChI is InChI=1S/C27H19F4N5O4S/c28-27(29,30)40-23-10-20-22(9-19(23)15-8-17(13-34-12-15)41(31,38)39)36(16-3-5-33-6-4-16)26-24(25(20)37)18-2-1-14(11-32)7-21(18)35-26/h1-2,7-10,12-13,16,33,35H,3-6H2. The van der Waals surface area contributed by atoms with E-state index in [9.17, 15) is 35.5 Å². The molecule has 6 rings (SSSR count). The van der Waals surface area contributed by atoms with Gasteiger partial charge in [0.2, 0.25) is 0 Å². The Bertz CT molecular complexity index is 2070. The molecular weight excluding hydrogens is 566 g/mol. The summed E-state index contributed by atoms with van der Waals surface area (Å²) in [5, 5.41) is 13.3. The number of hydrogen-bond acceptors (Lipinski definition) is 7. The largest absolute Gasteiger partial charge is 0.573 e. The maximum absolute atomic E-state index is 13.9. The molecule has 5 aromatic rings. The minimum atomic E-state index is -5.22. The molecule has 9 nitrogen and oxygen atoms in total. The molecule has 0 spiro atoms. The third-order valence-corrected chi connectivity index (χ3v) is 7.97. The van der Waals surface area contributed by atoms with Crippen LogP contribution in [-0.4, -0.2) is 42.4 Å². The molecule has 210 valence electrons. The summed E-state index contributed by atoms with van der Waals surface area (Å²) < 4.78 is 83.6. The van der Waals surface area contributed by atoms with Gasteiger partial charge in [0.25, 0.3) is 0 Å². The van der Waals surface area contributed by atoms with E-state index in [1.165, 1.54) is 6.07 Å². The van der Waals surface area contributed by atoms with Crippen molar-refractivity contribution >= 4 is 43.1 Å². The summed E-state index contributed by atoms with van der Waals surface area (Å²) >= 11 is 0. The number of benzene rings is 2. The molecule has 0 amide bonds. The SMILES string of the molecule is N#Cc1ccc2c(c1)[nH]c1c2c(=O)c2cc(OC(F)(F)F)c(-c3cncc(S(=O)(=O)F)c3)cc2n1C1CCNCC1. The summed E-state index contributed by atoms with van der Waals surface area (Å²) in [6.45, 7) is 1.31. The topological polar surface area (TPSA) is 130 Å². The van der Waals surface area contributed by atoms with Crippen molar-refractivity contribution in [1.29, 1.82) is 5.26 Å². The van der Waals surface area contributed by atoms with E-state index in [-0.39, 0.29) is 33.5 Å². The van der Waals surface area contributed by atoms with Crippen LogP contribution in [0.5, 0.6) is 5.75 Å². The third-order valence-electron chi connectivity index (χ3n) is 7.18. The van der Waals surface area contributed by atoms with Crippen LogP contribution in [-0.2, 0) is 10.2 Å². The molecule has 41 heavy (non-hydrogen) atoms. The van der Waals surface area contributed by atoms with Crippen LogP contribution in [0.2, 0.25) is 0 Å². The lowest BCUT2D eigenvalue weighted by atomic mass is 9.99. The van der Waals surface area contributed by atoms with Crippen molar-refractivity contribution in [2.24, 2.45) is 0 Å². The van der Waals surface area contributed by atoms with Crippen LogP contribution in [0.1, 0.15) is 24.4 Å². The molecule has 0 atom stereocenters. The lowest BCUT2D eigenvalue weighted by Gasteiger charge is -2.28. The predicted octanol–water partition coefficient (Wildman–Crippen LogP) is 5.05. The highest BCUT2D eigenvalue weighted by Gasteiger charge is 2.33. The van der Waals surface area contributed by atoms with Gasteiger partial charge in [-0.15, -0.1) is 17.1 Å². The van der Waals surface area contributed by atoms with Gasteiger partial charge in [0.1, 0.15) is 16.3 Å². The van der Waals surface area contributed by atoms with E-state index in [0.29, 0.717) is 48.0 Å². The van der Waals surface area contributed by atoms with Crippen molar-refractivity contribution in [3.63, 3.8) is 0 Å². The van der Waals surface area contributed by atoms with E-state index < -0.39 is 32.7 Å². The van der Waals surface area contributed by atoms with Crippen LogP contribution in [0, 0.1) is 11.3 Å². The summed E-state index contributed by atoms with van der Waals surface area (Å²) in [6, 6.07) is 9.74. The van der Waals surface area contributed by atoms with Gasteiger partial charge < -0.3 is 19.6 Å². The number of nitrogens with one attached hydrogen (secondary N) is 2. The fourth-order valence-electron chi connectivity index (χ4n) is 5.45. The van der Waals surface area contributed by atoms with Gasteiger partial charge in [-0.1, -0.05) is 6.07 Å². The van der Waals surface area contributed by atoms with E-state index in [0.717, 1.165) is 24.5 Å². The number of fused-ring (bicyclic) bond motifs is 4. The Hall–Kier alpha value is -4.48. The first kappa shape index (κ1) is 26.7. The summed E-state index contributed by atoms with van der Waals surface area (Å²) in [5.41, 5.74) is 0.585. The predicted molar refractivity (Wildman–Crippen MR) is 142 cm³/mol. The van der Waals surface area contributed by atoms with Crippen molar-refractivity contribution in [1.82, 2.24) is 19.9 Å². The van der Waals surface area contributed by atoms with Gasteiger partial charge in [-0.3, -0.25) is 9.78 Å². The Balaban J connectivity index is 1.75. The monoisotopic (exact) mass is 585 g/mol. The van der Waals surface area contributed by atoms with Gasteiger partial charge in [0.15, 0.2) is 5.43 Å². The quantitative estimate of drug-likeness (QED) is 0.223. The first-order valence-corrected chi connectivity index (χ1v) is 13.8. The van der Waals surface area contributed by atoms with E-state index >= 15 is 0 Å². The highest BCUT2D eigenvalue weighted by atomic mass is 32.3. The highest BCUT2D eigenvalue weighted by Crippen LogP contribution is 2.40. The van der Waals surface area contributed by atoms with Gasteiger partial charge in [-0.05, 0) is 56.3 Å². The van der Waals surface area contributed by atoms with Gasteiger partial charge in [-0.25, -0.2) is 0 Å². The van der Waals surface area contributed by atoms with Crippen molar-refractivity contribution in [3.8, 4) is 22.9 Å². The summed E-state index contributed by atoms with van der Waals surface area (Å²) in [4.78, 5) is 20.0. The average Bonchev–Trinajstić information content (AvgIpc) is 3.31. The molecule has 1 fully saturated rings. The van der Waals surface area contributed by atoms with Gasteiger partial charge in [-0.2, -0.15) is 13.7 Å². The first-order chi connectivity index (χ1) is 19.4. The molecule has 2 N–H and O–H groups in total. The van der Waals surface area contributed by atoms with Gasteiger partial charge >= 0.3 is 16.6 Å². The fourth-order valence-corrected chi connectivity index (χ4v) is 5.90. The molecule has 0 saturated carbocycles. The summed E-state index contributed by atoms with van der Waals surface area (Å²) in [7, 11) is -5.22. The number of ether oxygens (including phenoxy) is 1. The molecule has 1 aliphatic heterocycles. The maximum atomic E-state index is 13.9.